The topological polar surface area (TPSA) is 94.7 Å². The van der Waals surface area contributed by atoms with E-state index in [2.05, 4.69) is 19.9 Å². The van der Waals surface area contributed by atoms with Crippen molar-refractivity contribution in [1.82, 2.24) is 24.5 Å². The molecule has 0 amide bonds. The largest absolute Gasteiger partial charge is 0.277 e. The van der Waals surface area contributed by atoms with Gasteiger partial charge in [0.05, 0.1) is 23.1 Å². The second-order valence-corrected chi connectivity index (χ2v) is 8.01. The minimum Gasteiger partial charge on any atom is -0.277 e. The van der Waals surface area contributed by atoms with Crippen LogP contribution in [0.4, 0.5) is 5.69 Å². The highest BCUT2D eigenvalue weighted by Crippen LogP contribution is 2.28. The summed E-state index contributed by atoms with van der Waals surface area (Å²) in [6.45, 7) is 3.73. The van der Waals surface area contributed by atoms with E-state index >= 15 is 0 Å². The molecule has 0 saturated heterocycles. The summed E-state index contributed by atoms with van der Waals surface area (Å²) in [5.41, 5.74) is 2.91. The fourth-order valence-corrected chi connectivity index (χ4v) is 3.98. The third-order valence-electron chi connectivity index (χ3n) is 4.34. The Morgan fingerprint density at radius 3 is 2.52 bits per heavy atom. The molecule has 3 heterocycles. The number of sulfonamides is 1. The quantitative estimate of drug-likeness (QED) is 0.585. The molecule has 0 unspecified atom stereocenters. The number of fused-ring (bicyclic) bond motifs is 1. The maximum atomic E-state index is 12.9. The lowest BCUT2D eigenvalue weighted by Gasteiger charge is -2.13. The van der Waals surface area contributed by atoms with Crippen LogP contribution in [0.5, 0.6) is 0 Å². The third kappa shape index (κ3) is 3.06. The smallest absolute Gasteiger partial charge is 0.263 e. The number of hydrogen-bond donors (Lipinski definition) is 1. The van der Waals surface area contributed by atoms with Crippen molar-refractivity contribution in [2.45, 2.75) is 18.7 Å². The molecule has 3 aromatic heterocycles. The molecule has 0 spiro atoms. The summed E-state index contributed by atoms with van der Waals surface area (Å²) < 4.78 is 31.7. The van der Waals surface area contributed by atoms with E-state index in [1.54, 1.807) is 34.9 Å². The Morgan fingerprint density at radius 1 is 1.04 bits per heavy atom. The molecule has 4 rings (SSSR count). The maximum absolute atomic E-state index is 12.9. The highest BCUT2D eigenvalue weighted by atomic mass is 32.2. The first-order valence-electron chi connectivity index (χ1n) is 8.28. The summed E-state index contributed by atoms with van der Waals surface area (Å²) in [6, 6.07) is 8.77. The van der Waals surface area contributed by atoms with Crippen LogP contribution >= 0.6 is 0 Å². The standard InChI is InChI=1S/C18H18N6O2S/c1-12-4-5-14-10-20-23(3)18(14)17(12)22-27(25,26)15-6-7-16(19-11-15)24-9-8-13(2)21-24/h4-11,22H,1-3H3. The number of anilines is 1. The number of aromatic nitrogens is 5. The third-order valence-corrected chi connectivity index (χ3v) is 5.67. The number of aryl methyl sites for hydroxylation is 3. The van der Waals surface area contributed by atoms with Crippen LogP contribution in [0.25, 0.3) is 16.7 Å². The van der Waals surface area contributed by atoms with E-state index in [1.165, 1.54) is 12.3 Å². The predicted octanol–water partition coefficient (Wildman–Crippen LogP) is 2.57. The molecule has 138 valence electrons. The van der Waals surface area contributed by atoms with Crippen molar-refractivity contribution in [2.24, 2.45) is 7.05 Å². The molecule has 0 bridgehead atoms. The number of nitrogens with one attached hydrogen (secondary N) is 1. The molecular weight excluding hydrogens is 364 g/mol. The lowest BCUT2D eigenvalue weighted by atomic mass is 10.1. The van der Waals surface area contributed by atoms with Crippen molar-refractivity contribution in [2.75, 3.05) is 4.72 Å². The second kappa shape index (κ2) is 6.20. The van der Waals surface area contributed by atoms with Gasteiger partial charge < -0.3 is 0 Å². The monoisotopic (exact) mass is 382 g/mol. The van der Waals surface area contributed by atoms with Crippen molar-refractivity contribution >= 4 is 26.6 Å². The fraction of sp³-hybridized carbons (Fsp3) is 0.167. The zero-order valence-corrected chi connectivity index (χ0v) is 15.9. The van der Waals surface area contributed by atoms with Crippen molar-refractivity contribution in [1.29, 1.82) is 0 Å². The van der Waals surface area contributed by atoms with Crippen LogP contribution in [-0.2, 0) is 17.1 Å². The highest BCUT2D eigenvalue weighted by molar-refractivity contribution is 7.92. The Morgan fingerprint density at radius 2 is 1.85 bits per heavy atom. The van der Waals surface area contributed by atoms with Gasteiger partial charge in [0.1, 0.15) is 4.90 Å². The van der Waals surface area contributed by atoms with Crippen molar-refractivity contribution in [3.8, 4) is 5.82 Å². The Hall–Kier alpha value is -3.20. The van der Waals surface area contributed by atoms with Crippen LogP contribution < -0.4 is 4.72 Å². The summed E-state index contributed by atoms with van der Waals surface area (Å²) >= 11 is 0. The molecule has 8 nitrogen and oxygen atoms in total. The van der Waals surface area contributed by atoms with Gasteiger partial charge in [0.2, 0.25) is 0 Å². The van der Waals surface area contributed by atoms with E-state index < -0.39 is 10.0 Å². The van der Waals surface area contributed by atoms with Gasteiger partial charge in [0.25, 0.3) is 10.0 Å². The first-order valence-corrected chi connectivity index (χ1v) is 9.76. The summed E-state index contributed by atoms with van der Waals surface area (Å²) in [4.78, 5) is 4.30. The molecule has 0 aliphatic rings. The van der Waals surface area contributed by atoms with E-state index in [0.717, 1.165) is 22.2 Å². The number of nitrogens with zero attached hydrogens (tertiary/aromatic N) is 5. The first-order chi connectivity index (χ1) is 12.8. The molecule has 4 aromatic rings. The lowest BCUT2D eigenvalue weighted by Crippen LogP contribution is -2.15. The van der Waals surface area contributed by atoms with Crippen molar-refractivity contribution < 1.29 is 8.42 Å². The fourth-order valence-electron chi connectivity index (χ4n) is 2.90. The molecule has 0 radical (unpaired) electrons. The summed E-state index contributed by atoms with van der Waals surface area (Å²) in [5.74, 6) is 0.548. The van der Waals surface area contributed by atoms with Gasteiger partial charge in [-0.3, -0.25) is 9.40 Å². The minimum atomic E-state index is -3.80. The van der Waals surface area contributed by atoms with E-state index in [4.69, 9.17) is 0 Å². The molecule has 27 heavy (non-hydrogen) atoms. The second-order valence-electron chi connectivity index (χ2n) is 6.32. The average Bonchev–Trinajstić information content (AvgIpc) is 3.24. The van der Waals surface area contributed by atoms with Crippen molar-refractivity contribution in [3.05, 3.63) is 60.2 Å². The molecule has 1 aromatic carbocycles. The minimum absolute atomic E-state index is 0.0775. The van der Waals surface area contributed by atoms with Crippen LogP contribution in [0.1, 0.15) is 11.3 Å². The normalized spacial score (nSPS) is 11.8. The lowest BCUT2D eigenvalue weighted by molar-refractivity contribution is 0.600. The van der Waals surface area contributed by atoms with Gasteiger partial charge in [0.15, 0.2) is 5.82 Å². The van der Waals surface area contributed by atoms with Gasteiger partial charge >= 0.3 is 0 Å². The van der Waals surface area contributed by atoms with Crippen LogP contribution in [0, 0.1) is 13.8 Å². The van der Waals surface area contributed by atoms with E-state index in [9.17, 15) is 8.42 Å². The Balaban J connectivity index is 1.70. The van der Waals surface area contributed by atoms with Gasteiger partial charge in [-0.05, 0) is 37.6 Å². The Labute approximate surface area is 156 Å². The summed E-state index contributed by atoms with van der Waals surface area (Å²) in [5, 5.41) is 9.34. The molecule has 0 aliphatic carbocycles. The molecule has 0 atom stereocenters. The Kier molecular flexibility index (Phi) is 3.96. The van der Waals surface area contributed by atoms with Crippen LogP contribution in [-0.4, -0.2) is 33.0 Å². The number of rotatable bonds is 4. The summed E-state index contributed by atoms with van der Waals surface area (Å²) in [6.07, 6.45) is 4.80. The number of pyridine rings is 1. The zero-order valence-electron chi connectivity index (χ0n) is 15.1. The number of hydrogen-bond acceptors (Lipinski definition) is 5. The maximum Gasteiger partial charge on any atom is 0.263 e. The molecule has 0 saturated carbocycles. The molecule has 1 N–H and O–H groups in total. The van der Waals surface area contributed by atoms with Crippen LogP contribution in [0.3, 0.4) is 0 Å². The van der Waals surface area contributed by atoms with E-state index in [1.807, 2.05) is 32.0 Å². The highest BCUT2D eigenvalue weighted by Gasteiger charge is 2.19. The van der Waals surface area contributed by atoms with Crippen LogP contribution in [0.2, 0.25) is 0 Å². The van der Waals surface area contributed by atoms with Gasteiger partial charge in [-0.15, -0.1) is 0 Å². The van der Waals surface area contributed by atoms with Crippen molar-refractivity contribution in [3.63, 3.8) is 0 Å². The van der Waals surface area contributed by atoms with Gasteiger partial charge in [-0.1, -0.05) is 12.1 Å². The molecule has 0 aliphatic heterocycles. The van der Waals surface area contributed by atoms with Crippen LogP contribution in [0.15, 0.2) is 53.8 Å². The van der Waals surface area contributed by atoms with E-state index in [-0.39, 0.29) is 4.90 Å². The molecule has 9 heteroatoms. The Bertz CT molecular complexity index is 1240. The zero-order chi connectivity index (χ0) is 19.2. The van der Waals surface area contributed by atoms with Gasteiger partial charge in [-0.2, -0.15) is 10.2 Å². The number of benzene rings is 1. The molecular formula is C18H18N6O2S. The first kappa shape index (κ1) is 17.2. The SMILES string of the molecule is Cc1ccn(-c2ccc(S(=O)(=O)Nc3c(C)ccc4cnn(C)c34)cn2)n1. The van der Waals surface area contributed by atoms with Gasteiger partial charge in [0, 0.05) is 24.8 Å². The predicted molar refractivity (Wildman–Crippen MR) is 102 cm³/mol. The van der Waals surface area contributed by atoms with E-state index in [0.29, 0.717) is 11.5 Å². The molecule has 0 fully saturated rings. The average molecular weight is 382 g/mol. The van der Waals surface area contributed by atoms with Gasteiger partial charge in [-0.25, -0.2) is 18.1 Å². The summed E-state index contributed by atoms with van der Waals surface area (Å²) in [7, 11) is -2.02.